The minimum absolute atomic E-state index is 0.280. The number of likely N-dealkylation sites (tertiary alicyclic amines) is 1. The molecule has 0 bridgehead atoms. The number of nitrogens with one attached hydrogen (secondary N) is 1. The molecule has 3 atom stereocenters. The molecule has 1 N–H and O–H groups in total. The Hall–Kier alpha value is -1.92. The van der Waals surface area contributed by atoms with E-state index in [0.717, 1.165) is 17.7 Å². The Bertz CT molecular complexity index is 466. The second-order valence-corrected chi connectivity index (χ2v) is 5.79. The Morgan fingerprint density at radius 3 is 2.27 bits per heavy atom. The molecule has 7 heteroatoms. The van der Waals surface area contributed by atoms with Crippen molar-refractivity contribution >= 4 is 23.7 Å². The van der Waals surface area contributed by atoms with Crippen molar-refractivity contribution < 1.29 is 23.9 Å². The quantitative estimate of drug-likeness (QED) is 0.579. The van der Waals surface area contributed by atoms with E-state index in [9.17, 15) is 19.2 Å². The monoisotopic (exact) mass is 310 g/mol. The number of fused-ring (bicyclic) bond motifs is 1. The summed E-state index contributed by atoms with van der Waals surface area (Å²) < 4.78 is 4.98. The molecule has 1 saturated heterocycles. The van der Waals surface area contributed by atoms with Crippen LogP contribution in [-0.2, 0) is 23.9 Å². The van der Waals surface area contributed by atoms with E-state index < -0.39 is 24.5 Å². The van der Waals surface area contributed by atoms with Crippen LogP contribution >= 0.6 is 0 Å². The van der Waals surface area contributed by atoms with Crippen molar-refractivity contribution in [3.8, 4) is 0 Å². The molecule has 0 aromatic rings. The highest BCUT2D eigenvalue weighted by Gasteiger charge is 2.48. The summed E-state index contributed by atoms with van der Waals surface area (Å²) in [7, 11) is 0. The van der Waals surface area contributed by atoms with Crippen LogP contribution in [0.1, 0.15) is 39.5 Å². The molecular weight excluding hydrogens is 288 g/mol. The van der Waals surface area contributed by atoms with Crippen LogP contribution in [0.15, 0.2) is 0 Å². The highest BCUT2D eigenvalue weighted by molar-refractivity contribution is 6.07. The first-order valence-electron chi connectivity index (χ1n) is 7.78. The van der Waals surface area contributed by atoms with Gasteiger partial charge in [-0.3, -0.25) is 24.1 Å². The normalized spacial score (nSPS) is 25.6. The number of hydrogen-bond donors (Lipinski definition) is 1. The number of likely N-dealkylation sites (N-methyl/N-ethyl adjacent to an activating group) is 1. The summed E-state index contributed by atoms with van der Waals surface area (Å²) in [5, 5.41) is 2.54. The van der Waals surface area contributed by atoms with Crippen molar-refractivity contribution in [1.29, 1.82) is 0 Å². The smallest absolute Gasteiger partial charge is 0.326 e. The third kappa shape index (κ3) is 3.28. The van der Waals surface area contributed by atoms with E-state index in [0.29, 0.717) is 19.4 Å². The van der Waals surface area contributed by atoms with E-state index in [4.69, 9.17) is 4.74 Å². The van der Waals surface area contributed by atoms with Crippen molar-refractivity contribution in [2.45, 2.75) is 45.6 Å². The lowest BCUT2D eigenvalue weighted by Crippen LogP contribution is -2.40. The number of nitrogens with zero attached hydrogens (tertiary/aromatic N) is 1. The second kappa shape index (κ2) is 6.89. The highest BCUT2D eigenvalue weighted by atomic mass is 16.5. The van der Waals surface area contributed by atoms with Crippen LogP contribution in [0, 0.1) is 11.8 Å². The zero-order chi connectivity index (χ0) is 16.3. The number of amides is 3. The number of esters is 1. The molecule has 0 aromatic heterocycles. The van der Waals surface area contributed by atoms with Gasteiger partial charge >= 0.3 is 5.97 Å². The second-order valence-electron chi connectivity index (χ2n) is 5.79. The van der Waals surface area contributed by atoms with Crippen LogP contribution in [0.3, 0.4) is 0 Å². The number of carbonyl (C=O) groups is 4. The molecule has 0 unspecified atom stereocenters. The van der Waals surface area contributed by atoms with Gasteiger partial charge in [-0.25, -0.2) is 0 Å². The first-order chi connectivity index (χ1) is 10.5. The van der Waals surface area contributed by atoms with Gasteiger partial charge in [-0.2, -0.15) is 0 Å². The van der Waals surface area contributed by atoms with E-state index in [1.165, 1.54) is 6.92 Å². The lowest BCUT2D eigenvalue weighted by molar-refractivity contribution is -0.159. The predicted molar refractivity (Wildman–Crippen MR) is 76.4 cm³/mol. The third-order valence-electron chi connectivity index (χ3n) is 4.25. The predicted octanol–water partition coefficient (Wildman–Crippen LogP) is 0.229. The van der Waals surface area contributed by atoms with Gasteiger partial charge in [0.2, 0.25) is 11.8 Å². The molecule has 1 aliphatic heterocycles. The van der Waals surface area contributed by atoms with Gasteiger partial charge in [-0.05, 0) is 26.7 Å². The molecule has 0 aromatic carbocycles. The average molecular weight is 310 g/mol. The van der Waals surface area contributed by atoms with E-state index in [-0.39, 0.29) is 23.7 Å². The first-order valence-corrected chi connectivity index (χ1v) is 7.78. The zero-order valence-corrected chi connectivity index (χ0v) is 13.0. The van der Waals surface area contributed by atoms with Crippen LogP contribution in [0.5, 0.6) is 0 Å². The summed E-state index contributed by atoms with van der Waals surface area (Å²) in [5.41, 5.74) is 0. The Morgan fingerprint density at radius 1 is 1.23 bits per heavy atom. The largest absolute Gasteiger partial charge is 0.451 e. The molecule has 1 aliphatic carbocycles. The molecule has 7 nitrogen and oxygen atoms in total. The summed E-state index contributed by atoms with van der Waals surface area (Å²) in [5.74, 6) is -2.26. The third-order valence-corrected chi connectivity index (χ3v) is 4.25. The standard InChI is InChI=1S/C15H22N2O5/c1-3-16-13(19)9(2)22-12(18)8-17-14(20)10-6-4-5-7-11(10)15(17)21/h9-11H,3-8H2,1-2H3,(H,16,19)/t9-,10-,11-/m0/s1. The fraction of sp³-hybridized carbons (Fsp3) is 0.733. The van der Waals surface area contributed by atoms with Gasteiger partial charge in [0.25, 0.3) is 5.91 Å². The molecule has 22 heavy (non-hydrogen) atoms. The fourth-order valence-electron chi connectivity index (χ4n) is 3.12. The van der Waals surface area contributed by atoms with Crippen LogP contribution in [-0.4, -0.2) is 47.8 Å². The Kier molecular flexibility index (Phi) is 5.15. The van der Waals surface area contributed by atoms with Crippen molar-refractivity contribution in [3.63, 3.8) is 0 Å². The van der Waals surface area contributed by atoms with Crippen LogP contribution < -0.4 is 5.32 Å². The lowest BCUT2D eigenvalue weighted by atomic mass is 9.81. The SMILES string of the molecule is CCNC(=O)[C@H](C)OC(=O)CN1C(=O)[C@H]2CCCC[C@@H]2C1=O. The maximum atomic E-state index is 12.2. The Labute approximate surface area is 129 Å². The molecule has 3 amide bonds. The summed E-state index contributed by atoms with van der Waals surface area (Å²) in [6.07, 6.45) is 2.34. The minimum atomic E-state index is -0.942. The molecule has 1 saturated carbocycles. The van der Waals surface area contributed by atoms with Gasteiger partial charge in [0, 0.05) is 6.54 Å². The van der Waals surface area contributed by atoms with Crippen LogP contribution in [0.4, 0.5) is 0 Å². The molecule has 0 spiro atoms. The van der Waals surface area contributed by atoms with Gasteiger partial charge in [-0.15, -0.1) is 0 Å². The minimum Gasteiger partial charge on any atom is -0.451 e. The molecule has 2 fully saturated rings. The molecule has 2 aliphatic rings. The van der Waals surface area contributed by atoms with Crippen LogP contribution in [0.25, 0.3) is 0 Å². The summed E-state index contributed by atoms with van der Waals surface area (Å²) in [6.45, 7) is 3.24. The van der Waals surface area contributed by atoms with Crippen molar-refractivity contribution in [2.24, 2.45) is 11.8 Å². The number of imide groups is 1. The Balaban J connectivity index is 1.92. The lowest BCUT2D eigenvalue weighted by Gasteiger charge is -2.19. The van der Waals surface area contributed by atoms with Crippen molar-refractivity contribution in [1.82, 2.24) is 10.2 Å². The van der Waals surface area contributed by atoms with E-state index in [2.05, 4.69) is 5.32 Å². The fourth-order valence-corrected chi connectivity index (χ4v) is 3.12. The number of rotatable bonds is 5. The topological polar surface area (TPSA) is 92.8 Å². The molecule has 122 valence electrons. The maximum Gasteiger partial charge on any atom is 0.326 e. The van der Waals surface area contributed by atoms with Gasteiger partial charge in [-0.1, -0.05) is 12.8 Å². The van der Waals surface area contributed by atoms with Gasteiger partial charge in [0.15, 0.2) is 6.10 Å². The molecule has 1 heterocycles. The number of hydrogen-bond acceptors (Lipinski definition) is 5. The Morgan fingerprint density at radius 2 is 1.77 bits per heavy atom. The number of carbonyl (C=O) groups excluding carboxylic acids is 4. The van der Waals surface area contributed by atoms with Crippen molar-refractivity contribution in [3.05, 3.63) is 0 Å². The van der Waals surface area contributed by atoms with E-state index >= 15 is 0 Å². The van der Waals surface area contributed by atoms with Crippen molar-refractivity contribution in [2.75, 3.05) is 13.1 Å². The molecule has 0 radical (unpaired) electrons. The van der Waals surface area contributed by atoms with Gasteiger partial charge in [0.05, 0.1) is 11.8 Å². The summed E-state index contributed by atoms with van der Waals surface area (Å²) in [4.78, 5) is 48.8. The zero-order valence-electron chi connectivity index (χ0n) is 13.0. The van der Waals surface area contributed by atoms with Gasteiger partial charge in [0.1, 0.15) is 6.54 Å². The summed E-state index contributed by atoms with van der Waals surface area (Å²) >= 11 is 0. The number of ether oxygens (including phenoxy) is 1. The van der Waals surface area contributed by atoms with E-state index in [1.807, 2.05) is 0 Å². The van der Waals surface area contributed by atoms with E-state index in [1.54, 1.807) is 6.92 Å². The highest BCUT2D eigenvalue weighted by Crippen LogP contribution is 2.37. The maximum absolute atomic E-state index is 12.2. The summed E-state index contributed by atoms with van der Waals surface area (Å²) in [6, 6.07) is 0. The first kappa shape index (κ1) is 16.5. The van der Waals surface area contributed by atoms with Gasteiger partial charge < -0.3 is 10.1 Å². The molecular formula is C15H22N2O5. The van der Waals surface area contributed by atoms with Crippen LogP contribution in [0.2, 0.25) is 0 Å². The molecule has 2 rings (SSSR count). The average Bonchev–Trinajstić information content (AvgIpc) is 2.73.